The Morgan fingerprint density at radius 2 is 0.882 bits per heavy atom. The van der Waals surface area contributed by atoms with Gasteiger partial charge in [0.05, 0.1) is 25.0 Å². The van der Waals surface area contributed by atoms with Crippen molar-refractivity contribution >= 4 is 73.6 Å². The number of anilines is 2. The van der Waals surface area contributed by atoms with Crippen LogP contribution in [0.5, 0.6) is 0 Å². The zero-order chi connectivity index (χ0) is 63.8. The third-order valence-electron chi connectivity index (χ3n) is 15.7. The molecule has 17 heteroatoms. The molecule has 0 bridgehead atoms. The van der Waals surface area contributed by atoms with Crippen molar-refractivity contribution in [3.63, 3.8) is 0 Å². The fraction of sp³-hybridized carbons (Fsp3) is 0.500. The first-order chi connectivity index (χ1) is 39.6. The van der Waals surface area contributed by atoms with Gasteiger partial charge in [0.2, 0.25) is 22.5 Å². The molecule has 4 aromatic carbocycles. The van der Waals surface area contributed by atoms with Crippen LogP contribution in [0, 0.1) is 0 Å². The first-order valence-electron chi connectivity index (χ1n) is 29.9. The van der Waals surface area contributed by atoms with Crippen LogP contribution >= 0.6 is 0 Å². The van der Waals surface area contributed by atoms with Gasteiger partial charge >= 0.3 is 18.2 Å². The van der Waals surface area contributed by atoms with Crippen molar-refractivity contribution in [2.45, 2.75) is 194 Å². The summed E-state index contributed by atoms with van der Waals surface area (Å²) in [5.41, 5.74) is 12.4. The second-order valence-electron chi connectivity index (χ2n) is 26.3. The lowest BCUT2D eigenvalue weighted by Crippen LogP contribution is -2.47. The van der Waals surface area contributed by atoms with E-state index in [9.17, 15) is 24.3 Å². The maximum absolute atomic E-state index is 13.7. The van der Waals surface area contributed by atoms with E-state index < -0.39 is 57.8 Å². The fourth-order valence-corrected chi connectivity index (χ4v) is 22.5. The average molecular weight is 1200 g/mol. The minimum atomic E-state index is -2.01. The van der Waals surface area contributed by atoms with Gasteiger partial charge < -0.3 is 44.3 Å². The van der Waals surface area contributed by atoms with E-state index in [4.69, 9.17) is 24.1 Å². The zero-order valence-electron chi connectivity index (χ0n) is 54.6. The smallest absolute Gasteiger partial charge is 0.410 e. The molecule has 0 spiro atoms. The molecule has 2 aromatic heterocycles. The summed E-state index contributed by atoms with van der Waals surface area (Å²) in [6, 6.07) is 30.9. The second kappa shape index (κ2) is 31.1. The minimum Gasteiger partial charge on any atom is -0.481 e. The van der Waals surface area contributed by atoms with Gasteiger partial charge in [-0.1, -0.05) is 144 Å². The molecule has 0 saturated heterocycles. The molecule has 0 radical (unpaired) electrons. The van der Waals surface area contributed by atoms with Crippen molar-refractivity contribution in [3.8, 4) is 0 Å². The van der Waals surface area contributed by atoms with Crippen LogP contribution in [0.4, 0.5) is 21.0 Å². The van der Waals surface area contributed by atoms with E-state index in [-0.39, 0.29) is 19.0 Å². The van der Waals surface area contributed by atoms with Gasteiger partial charge in [-0.25, -0.2) is 9.59 Å². The predicted molar refractivity (Wildman–Crippen MR) is 352 cm³/mol. The first-order valence-corrected chi connectivity index (χ1v) is 34.2. The van der Waals surface area contributed by atoms with Gasteiger partial charge in [-0.05, 0) is 144 Å². The number of nitrogen functional groups attached to an aromatic ring is 1. The number of aliphatic carboxylic acids is 1. The summed E-state index contributed by atoms with van der Waals surface area (Å²) in [6.45, 7) is 39.3. The number of nitrogens with two attached hydrogens (primary N) is 1. The molecule has 0 aliphatic heterocycles. The van der Waals surface area contributed by atoms with Gasteiger partial charge in [-0.3, -0.25) is 19.6 Å². The molecule has 0 aliphatic rings. The van der Waals surface area contributed by atoms with E-state index in [0.29, 0.717) is 57.7 Å². The molecule has 0 aliphatic carbocycles. The number of pyridine rings is 2. The van der Waals surface area contributed by atoms with Crippen molar-refractivity contribution in [1.82, 2.24) is 19.8 Å². The van der Waals surface area contributed by atoms with Crippen LogP contribution in [0.15, 0.2) is 122 Å². The van der Waals surface area contributed by atoms with E-state index in [1.165, 1.54) is 9.80 Å². The average Bonchev–Trinajstić information content (AvgIpc) is 3.33. The number of benzene rings is 4. The van der Waals surface area contributed by atoms with Crippen LogP contribution in [-0.4, -0.2) is 104 Å². The van der Waals surface area contributed by atoms with Gasteiger partial charge in [-0.2, -0.15) is 0 Å². The van der Waals surface area contributed by atoms with E-state index in [1.54, 1.807) is 53.5 Å². The van der Waals surface area contributed by atoms with E-state index in [2.05, 4.69) is 98.4 Å². The molecular formula is C68H100N6O9Si2. The number of carboxylic acids is 1. The summed E-state index contributed by atoms with van der Waals surface area (Å²) in [4.78, 5) is 61.6. The van der Waals surface area contributed by atoms with Crippen LogP contribution in [0.3, 0.4) is 0 Å². The molecule has 6 aromatic rings. The van der Waals surface area contributed by atoms with Crippen molar-refractivity contribution < 1.29 is 42.6 Å². The summed E-state index contributed by atoms with van der Waals surface area (Å²) in [6.07, 6.45) is 6.11. The lowest BCUT2D eigenvalue weighted by Gasteiger charge is -2.42. The van der Waals surface area contributed by atoms with Crippen molar-refractivity contribution in [1.29, 1.82) is 0 Å². The van der Waals surface area contributed by atoms with E-state index in [1.807, 2.05) is 124 Å². The summed E-state index contributed by atoms with van der Waals surface area (Å²) >= 11 is 0. The van der Waals surface area contributed by atoms with Gasteiger partial charge in [-0.15, -0.1) is 0 Å². The predicted octanol–water partition coefficient (Wildman–Crippen LogP) is 16.7. The lowest BCUT2D eigenvalue weighted by molar-refractivity contribution is -0.139. The fourth-order valence-electron chi connectivity index (χ4n) is 11.6. The summed E-state index contributed by atoms with van der Waals surface area (Å²) in [5, 5.41) is 17.1. The van der Waals surface area contributed by atoms with Crippen LogP contribution in [0.2, 0.25) is 33.2 Å². The molecular weight excluding hydrogens is 1100 g/mol. The standard InChI is InChI=1S/C34H49N3O4Si.C25H43NO5Si.C9H8N2/c1-23(2)42(24(3)4,25(5)6)40-22-26-11-13-27(14-12-26)31(21-37(10)33(39)41-34(7,8)9)32(38)36-30-16-15-29-20-35-18-17-28(29)19-30;1-17(2)32(18(3)4,19(5)6)30-16-20-11-13-21(14-12-20)22(23(27)28)15-26(10)24(29)31-25(7,8)9;10-9-2-1-8-6-11-4-3-7(8)5-9/h11-20,23-25,31H,21-22H2,1-10H3,(H,36,38);11-14,17-19,22H,15-16H2,1-10H3,(H,27,28);1-6H,10H2. The Labute approximate surface area is 510 Å². The number of ether oxygens (including phenoxy) is 2. The first kappa shape index (κ1) is 70.8. The second-order valence-corrected chi connectivity index (χ2v) is 37.2. The normalized spacial score (nSPS) is 12.9. The Kier molecular flexibility index (Phi) is 25.9. The van der Waals surface area contributed by atoms with Crippen LogP contribution in [-0.2, 0) is 41.1 Å². The molecule has 3 amide bonds. The Morgan fingerprint density at radius 1 is 0.518 bits per heavy atom. The van der Waals surface area contributed by atoms with Gasteiger partial charge in [0.15, 0.2) is 0 Å². The number of likely N-dealkylation sites (N-methyl/N-ethyl adjacent to an activating group) is 2. The largest absolute Gasteiger partial charge is 0.481 e. The number of aromatic nitrogens is 2. The Hall–Kier alpha value is -6.67. The van der Waals surface area contributed by atoms with Crippen LogP contribution in [0.1, 0.15) is 159 Å². The monoisotopic (exact) mass is 1200 g/mol. The quantitative estimate of drug-likeness (QED) is 0.0456. The van der Waals surface area contributed by atoms with Crippen molar-refractivity contribution in [2.75, 3.05) is 38.2 Å². The third kappa shape index (κ3) is 20.2. The molecule has 2 heterocycles. The molecule has 85 heavy (non-hydrogen) atoms. The van der Waals surface area contributed by atoms with Crippen molar-refractivity contribution in [2.24, 2.45) is 0 Å². The molecule has 2 atom stereocenters. The third-order valence-corrected chi connectivity index (χ3v) is 27.8. The number of hydrogen-bond acceptors (Lipinski definition) is 11. The number of nitrogens with zero attached hydrogens (tertiary/aromatic N) is 4. The highest BCUT2D eigenvalue weighted by molar-refractivity contribution is 6.78. The maximum Gasteiger partial charge on any atom is 0.410 e. The highest BCUT2D eigenvalue weighted by Crippen LogP contribution is 2.44. The molecule has 4 N–H and O–H groups in total. The molecule has 0 saturated carbocycles. The Balaban J connectivity index is 0.000000315. The molecule has 464 valence electrons. The maximum atomic E-state index is 13.7. The number of rotatable bonds is 21. The van der Waals surface area contributed by atoms with Crippen LogP contribution < -0.4 is 11.1 Å². The summed E-state index contributed by atoms with van der Waals surface area (Å²) in [7, 11) is -0.761. The zero-order valence-corrected chi connectivity index (χ0v) is 56.6. The van der Waals surface area contributed by atoms with Gasteiger partial charge in [0, 0.05) is 74.1 Å². The van der Waals surface area contributed by atoms with Gasteiger partial charge in [0.1, 0.15) is 11.2 Å². The summed E-state index contributed by atoms with van der Waals surface area (Å²) < 4.78 is 24.3. The highest BCUT2D eigenvalue weighted by atomic mass is 28.4. The number of hydrogen-bond donors (Lipinski definition) is 3. The number of carbonyl (C=O) groups is 4. The van der Waals surface area contributed by atoms with E-state index >= 15 is 0 Å². The lowest BCUT2D eigenvalue weighted by atomic mass is 9.96. The van der Waals surface area contributed by atoms with Gasteiger partial charge in [0.25, 0.3) is 0 Å². The summed E-state index contributed by atoms with van der Waals surface area (Å²) in [5.74, 6) is -2.62. The Bertz CT molecular complexity index is 3060. The number of fused-ring (bicyclic) bond motifs is 2. The van der Waals surface area contributed by atoms with Crippen molar-refractivity contribution in [3.05, 3.63) is 144 Å². The molecule has 6 rings (SSSR count). The number of carboxylic acid groups (broad SMARTS) is 1. The molecule has 0 fully saturated rings. The molecule has 15 nitrogen and oxygen atoms in total. The number of nitrogens with one attached hydrogen (secondary N) is 1. The van der Waals surface area contributed by atoms with E-state index in [0.717, 1.165) is 43.9 Å². The highest BCUT2D eigenvalue weighted by Gasteiger charge is 2.46. The molecule has 2 unspecified atom stereocenters. The number of carbonyl (C=O) groups excluding carboxylic acids is 3. The SMILES string of the molecule is CC(C)[Si](OCc1ccc(C(CN(C)C(=O)OC(C)(C)C)C(=O)Nc2ccc3cnccc3c2)cc1)(C(C)C)C(C)C.CC(C)[Si](OCc1ccc(C(CN(C)C(=O)OC(C)(C)C)C(=O)O)cc1)(C(C)C)C(C)C.Nc1ccc2cnccc2c1. The topological polar surface area (TPSA) is 196 Å². The minimum absolute atomic E-state index is 0.0319. The van der Waals surface area contributed by atoms with Crippen LogP contribution in [0.25, 0.3) is 21.5 Å². The Morgan fingerprint density at radius 3 is 1.26 bits per heavy atom. The number of amides is 3.